The lowest BCUT2D eigenvalue weighted by atomic mass is 9.95. The molecule has 4 N–H and O–H groups in total. The normalized spacial score (nSPS) is 15.4. The van der Waals surface area contributed by atoms with E-state index in [0.29, 0.717) is 24.9 Å². The molecule has 1 aliphatic rings. The summed E-state index contributed by atoms with van der Waals surface area (Å²) < 4.78 is 5.28. The van der Waals surface area contributed by atoms with Gasteiger partial charge >= 0.3 is 5.97 Å². The SMILES string of the molecule is C=CCCC(=O)OCC(NC(=O)C(CC=C)CC(=O)NC1(CO)CCCC1)C(=O)Nc1ccc2ccccc2c1. The Hall–Kier alpha value is -3.98. The largest absolute Gasteiger partial charge is 0.463 e. The van der Waals surface area contributed by atoms with E-state index in [1.807, 2.05) is 36.4 Å². The summed E-state index contributed by atoms with van der Waals surface area (Å²) in [6, 6.07) is 11.9. The second-order valence-electron chi connectivity index (χ2n) is 10.2. The summed E-state index contributed by atoms with van der Waals surface area (Å²) in [4.78, 5) is 51.5. The molecule has 0 spiro atoms. The van der Waals surface area contributed by atoms with Crippen molar-refractivity contribution in [2.45, 2.75) is 62.9 Å². The van der Waals surface area contributed by atoms with Gasteiger partial charge in [0, 0.05) is 18.5 Å². The predicted octanol–water partition coefficient (Wildman–Crippen LogP) is 3.78. The number of rotatable bonds is 15. The van der Waals surface area contributed by atoms with Gasteiger partial charge in [-0.25, -0.2) is 0 Å². The number of anilines is 1. The van der Waals surface area contributed by atoms with E-state index in [9.17, 15) is 24.3 Å². The van der Waals surface area contributed by atoms with Gasteiger partial charge in [-0.15, -0.1) is 13.2 Å². The molecule has 3 amide bonds. The van der Waals surface area contributed by atoms with Crippen LogP contribution in [0, 0.1) is 5.92 Å². The van der Waals surface area contributed by atoms with Gasteiger partial charge in [0.1, 0.15) is 12.6 Å². The highest BCUT2D eigenvalue weighted by Gasteiger charge is 2.36. The van der Waals surface area contributed by atoms with Gasteiger partial charge in [0.2, 0.25) is 11.8 Å². The third kappa shape index (κ3) is 8.77. The van der Waals surface area contributed by atoms with Gasteiger partial charge in [0.05, 0.1) is 18.1 Å². The highest BCUT2D eigenvalue weighted by molar-refractivity contribution is 5.99. The number of amides is 3. The minimum atomic E-state index is -1.19. The van der Waals surface area contributed by atoms with Crippen molar-refractivity contribution < 1.29 is 29.0 Å². The highest BCUT2D eigenvalue weighted by atomic mass is 16.5. The Morgan fingerprint density at radius 1 is 1.00 bits per heavy atom. The van der Waals surface area contributed by atoms with Crippen molar-refractivity contribution in [3.63, 3.8) is 0 Å². The smallest absolute Gasteiger partial charge is 0.306 e. The van der Waals surface area contributed by atoms with Crippen molar-refractivity contribution in [3.05, 3.63) is 67.8 Å². The molecule has 2 aromatic carbocycles. The summed E-state index contributed by atoms with van der Waals surface area (Å²) in [5.74, 6) is -2.79. The number of ether oxygens (including phenoxy) is 1. The van der Waals surface area contributed by atoms with Gasteiger partial charge in [0.15, 0.2) is 0 Å². The van der Waals surface area contributed by atoms with Crippen LogP contribution in [0.2, 0.25) is 0 Å². The Morgan fingerprint density at radius 3 is 2.40 bits per heavy atom. The molecule has 2 unspecified atom stereocenters. The van der Waals surface area contributed by atoms with Crippen molar-refractivity contribution in [3.8, 4) is 0 Å². The molecule has 214 valence electrons. The number of hydrogen-bond donors (Lipinski definition) is 4. The van der Waals surface area contributed by atoms with Crippen LogP contribution in [-0.2, 0) is 23.9 Å². The third-order valence-corrected chi connectivity index (χ3v) is 7.14. The Kier molecular flexibility index (Phi) is 11.4. The van der Waals surface area contributed by atoms with Crippen molar-refractivity contribution in [2.75, 3.05) is 18.5 Å². The van der Waals surface area contributed by atoms with Crippen LogP contribution >= 0.6 is 0 Å². The van der Waals surface area contributed by atoms with Gasteiger partial charge in [0.25, 0.3) is 5.91 Å². The van der Waals surface area contributed by atoms with Crippen LogP contribution in [0.25, 0.3) is 10.8 Å². The molecule has 2 aromatic rings. The number of aliphatic hydroxyl groups excluding tert-OH is 1. The second kappa shape index (κ2) is 15.0. The first-order valence-electron chi connectivity index (χ1n) is 13.7. The van der Waals surface area contributed by atoms with Crippen LogP contribution in [-0.4, -0.2) is 53.6 Å². The molecule has 1 fully saturated rings. The third-order valence-electron chi connectivity index (χ3n) is 7.14. The molecule has 0 aliphatic heterocycles. The molecular weight excluding hydrogens is 510 g/mol. The molecule has 40 heavy (non-hydrogen) atoms. The summed E-state index contributed by atoms with van der Waals surface area (Å²) in [6.45, 7) is 6.75. The van der Waals surface area contributed by atoms with E-state index in [-0.39, 0.29) is 38.4 Å². The van der Waals surface area contributed by atoms with Crippen molar-refractivity contribution >= 4 is 40.2 Å². The van der Waals surface area contributed by atoms with Crippen molar-refractivity contribution in [1.29, 1.82) is 0 Å². The predicted molar refractivity (Wildman–Crippen MR) is 154 cm³/mol. The number of aliphatic hydroxyl groups is 1. The molecule has 0 bridgehead atoms. The van der Waals surface area contributed by atoms with E-state index in [0.717, 1.165) is 23.6 Å². The fourth-order valence-corrected chi connectivity index (χ4v) is 4.87. The Labute approximate surface area is 235 Å². The molecule has 9 nitrogen and oxygen atoms in total. The molecular formula is C31H39N3O6. The lowest BCUT2D eigenvalue weighted by Crippen LogP contribution is -2.51. The zero-order valence-electron chi connectivity index (χ0n) is 22.8. The van der Waals surface area contributed by atoms with Crippen LogP contribution in [0.15, 0.2) is 67.8 Å². The van der Waals surface area contributed by atoms with Gasteiger partial charge in [-0.3, -0.25) is 19.2 Å². The number of hydrogen-bond acceptors (Lipinski definition) is 6. The number of allylic oxidation sites excluding steroid dienone is 2. The number of esters is 1. The van der Waals surface area contributed by atoms with Crippen LogP contribution < -0.4 is 16.0 Å². The van der Waals surface area contributed by atoms with Crippen LogP contribution in [0.3, 0.4) is 0 Å². The number of fused-ring (bicyclic) bond motifs is 1. The average molecular weight is 550 g/mol. The lowest BCUT2D eigenvalue weighted by Gasteiger charge is -2.29. The topological polar surface area (TPSA) is 134 Å². The Morgan fingerprint density at radius 2 is 1.73 bits per heavy atom. The number of nitrogens with one attached hydrogen (secondary N) is 3. The maximum absolute atomic E-state index is 13.3. The molecule has 0 aromatic heterocycles. The fourth-order valence-electron chi connectivity index (χ4n) is 4.87. The first kappa shape index (κ1) is 30.6. The number of carbonyl (C=O) groups is 4. The molecule has 0 heterocycles. The molecule has 1 aliphatic carbocycles. The van der Waals surface area contributed by atoms with Gasteiger partial charge in [-0.05, 0) is 48.6 Å². The summed E-state index contributed by atoms with van der Waals surface area (Å²) in [7, 11) is 0. The summed E-state index contributed by atoms with van der Waals surface area (Å²) in [5.41, 5.74) is -0.136. The Bertz CT molecular complexity index is 1220. The fraction of sp³-hybridized carbons (Fsp3) is 0.419. The molecule has 9 heteroatoms. The van der Waals surface area contributed by atoms with E-state index in [1.165, 1.54) is 6.08 Å². The molecule has 1 saturated carbocycles. The van der Waals surface area contributed by atoms with Crippen LogP contribution in [0.1, 0.15) is 51.4 Å². The van der Waals surface area contributed by atoms with Gasteiger partial charge in [-0.2, -0.15) is 0 Å². The minimum absolute atomic E-state index is 0.0995. The number of carbonyl (C=O) groups excluding carboxylic acids is 4. The minimum Gasteiger partial charge on any atom is -0.463 e. The lowest BCUT2D eigenvalue weighted by molar-refractivity contribution is -0.146. The summed E-state index contributed by atoms with van der Waals surface area (Å²) in [6.07, 6.45) is 6.89. The Balaban J connectivity index is 1.71. The zero-order valence-corrected chi connectivity index (χ0v) is 22.8. The summed E-state index contributed by atoms with van der Waals surface area (Å²) in [5, 5.41) is 20.1. The maximum Gasteiger partial charge on any atom is 0.306 e. The quantitative estimate of drug-likeness (QED) is 0.197. The molecule has 0 saturated heterocycles. The summed E-state index contributed by atoms with van der Waals surface area (Å²) >= 11 is 0. The maximum atomic E-state index is 13.3. The average Bonchev–Trinajstić information content (AvgIpc) is 3.42. The standard InChI is InChI=1S/C31H39N3O6/c1-3-5-13-28(37)40-20-26(30(39)32-25-15-14-22-11-6-7-12-23(22)18-25)33-29(38)24(10-4-2)19-27(36)34-31(21-35)16-8-9-17-31/h3-4,6-7,11-12,14-15,18,24,26,35H,1-2,5,8-10,13,16-17,19-21H2,(H,32,39)(H,33,38)(H,34,36). The van der Waals surface area contributed by atoms with Crippen molar-refractivity contribution in [1.82, 2.24) is 10.6 Å². The van der Waals surface area contributed by atoms with Crippen molar-refractivity contribution in [2.24, 2.45) is 5.92 Å². The monoisotopic (exact) mass is 549 g/mol. The molecule has 0 radical (unpaired) electrons. The molecule has 3 rings (SSSR count). The first-order valence-corrected chi connectivity index (χ1v) is 13.7. The van der Waals surface area contributed by atoms with E-state index >= 15 is 0 Å². The van der Waals surface area contributed by atoms with E-state index < -0.39 is 35.3 Å². The van der Waals surface area contributed by atoms with E-state index in [1.54, 1.807) is 12.1 Å². The second-order valence-corrected chi connectivity index (χ2v) is 10.2. The van der Waals surface area contributed by atoms with Gasteiger partial charge in [-0.1, -0.05) is 55.3 Å². The van der Waals surface area contributed by atoms with E-state index in [2.05, 4.69) is 29.1 Å². The van der Waals surface area contributed by atoms with Crippen LogP contribution in [0.4, 0.5) is 5.69 Å². The van der Waals surface area contributed by atoms with E-state index in [4.69, 9.17) is 4.74 Å². The van der Waals surface area contributed by atoms with Crippen LogP contribution in [0.5, 0.6) is 0 Å². The van der Waals surface area contributed by atoms with Gasteiger partial charge < -0.3 is 25.8 Å². The number of benzene rings is 2. The highest BCUT2D eigenvalue weighted by Crippen LogP contribution is 2.29. The molecule has 2 atom stereocenters. The first-order chi connectivity index (χ1) is 19.3. The zero-order chi connectivity index (χ0) is 29.0.